The number of rotatable bonds is 3. The average Bonchev–Trinajstić information content (AvgIpc) is 2.34. The smallest absolute Gasteiger partial charge is 0.340 e. The molecule has 98 valence electrons. The van der Waals surface area contributed by atoms with Crippen molar-refractivity contribution in [2.75, 3.05) is 14.2 Å². The van der Waals surface area contributed by atoms with Crippen LogP contribution in [0.4, 0.5) is 0 Å². The molecule has 0 bridgehead atoms. The van der Waals surface area contributed by atoms with Gasteiger partial charge in [-0.15, -0.1) is 0 Å². The van der Waals surface area contributed by atoms with Crippen LogP contribution < -0.4 is 5.14 Å². The van der Waals surface area contributed by atoms with Crippen LogP contribution in [-0.2, 0) is 19.5 Å². The Labute approximate surface area is 104 Å². The van der Waals surface area contributed by atoms with Gasteiger partial charge in [0, 0.05) is 0 Å². The zero-order valence-corrected chi connectivity index (χ0v) is 10.5. The van der Waals surface area contributed by atoms with Gasteiger partial charge in [-0.25, -0.2) is 23.1 Å². The molecule has 0 aromatic heterocycles. The fourth-order valence-electron chi connectivity index (χ4n) is 1.36. The lowest BCUT2D eigenvalue weighted by Gasteiger charge is -2.10. The highest BCUT2D eigenvalue weighted by Gasteiger charge is 2.26. The monoisotopic (exact) mass is 273 g/mol. The maximum absolute atomic E-state index is 11.6. The molecule has 1 aromatic rings. The molecule has 0 aliphatic rings. The van der Waals surface area contributed by atoms with E-state index in [1.807, 2.05) is 0 Å². The summed E-state index contributed by atoms with van der Waals surface area (Å²) in [5.41, 5.74) is -0.662. The third-order valence-electron chi connectivity index (χ3n) is 2.13. The van der Waals surface area contributed by atoms with Crippen molar-refractivity contribution in [3.63, 3.8) is 0 Å². The maximum Gasteiger partial charge on any atom is 0.340 e. The Morgan fingerprint density at radius 1 is 1.11 bits per heavy atom. The molecule has 2 N–H and O–H groups in total. The molecule has 1 rings (SSSR count). The molecule has 1 aromatic carbocycles. The van der Waals surface area contributed by atoms with Gasteiger partial charge in [0.15, 0.2) is 0 Å². The van der Waals surface area contributed by atoms with E-state index >= 15 is 0 Å². The van der Waals surface area contributed by atoms with Gasteiger partial charge in [0.05, 0.1) is 30.2 Å². The largest absolute Gasteiger partial charge is 0.465 e. The van der Waals surface area contributed by atoms with E-state index < -0.39 is 32.4 Å². The number of hydrogen-bond donors (Lipinski definition) is 1. The van der Waals surface area contributed by atoms with Gasteiger partial charge < -0.3 is 9.47 Å². The molecule has 0 heterocycles. The number of methoxy groups -OCH3 is 2. The van der Waals surface area contributed by atoms with Crippen LogP contribution in [0.15, 0.2) is 23.1 Å². The van der Waals surface area contributed by atoms with Crippen LogP contribution in [0.25, 0.3) is 0 Å². The van der Waals surface area contributed by atoms with Gasteiger partial charge in [-0.2, -0.15) is 0 Å². The number of primary sulfonamides is 1. The van der Waals surface area contributed by atoms with E-state index in [0.29, 0.717) is 0 Å². The van der Waals surface area contributed by atoms with Crippen molar-refractivity contribution in [3.8, 4) is 0 Å². The van der Waals surface area contributed by atoms with Gasteiger partial charge in [0.1, 0.15) is 0 Å². The van der Waals surface area contributed by atoms with Gasteiger partial charge >= 0.3 is 11.9 Å². The van der Waals surface area contributed by atoms with Gasteiger partial charge in [-0.05, 0) is 12.1 Å². The predicted octanol–water partition coefficient (Wildman–Crippen LogP) is -0.0928. The van der Waals surface area contributed by atoms with Gasteiger partial charge in [-0.1, -0.05) is 6.07 Å². The summed E-state index contributed by atoms with van der Waals surface area (Å²) in [5, 5.41) is 4.97. The molecule has 0 spiro atoms. The van der Waals surface area contributed by atoms with Crippen LogP contribution in [0.3, 0.4) is 0 Å². The minimum atomic E-state index is -4.16. The molecule has 0 aliphatic carbocycles. The lowest BCUT2D eigenvalue weighted by atomic mass is 10.1. The Balaban J connectivity index is 3.66. The van der Waals surface area contributed by atoms with Crippen LogP contribution >= 0.6 is 0 Å². The Morgan fingerprint density at radius 2 is 1.67 bits per heavy atom. The Bertz CT molecular complexity index is 592. The number of esters is 2. The Morgan fingerprint density at radius 3 is 2.11 bits per heavy atom. The van der Waals surface area contributed by atoms with Crippen molar-refractivity contribution < 1.29 is 27.5 Å². The summed E-state index contributed by atoms with van der Waals surface area (Å²) in [4.78, 5) is 22.6. The van der Waals surface area contributed by atoms with Crippen LogP contribution in [0.2, 0.25) is 0 Å². The number of nitrogens with two attached hydrogens (primary N) is 1. The summed E-state index contributed by atoms with van der Waals surface area (Å²) in [6, 6.07) is 3.62. The average molecular weight is 273 g/mol. The minimum absolute atomic E-state index is 0.226. The second-order valence-corrected chi connectivity index (χ2v) is 4.74. The molecule has 18 heavy (non-hydrogen) atoms. The molecule has 0 atom stereocenters. The quantitative estimate of drug-likeness (QED) is 0.770. The second-order valence-electron chi connectivity index (χ2n) is 3.21. The van der Waals surface area contributed by atoms with E-state index in [9.17, 15) is 18.0 Å². The van der Waals surface area contributed by atoms with E-state index in [2.05, 4.69) is 9.47 Å². The maximum atomic E-state index is 11.6. The summed E-state index contributed by atoms with van der Waals surface area (Å²) in [5.74, 6) is -1.85. The normalized spacial score (nSPS) is 10.8. The fraction of sp³-hybridized carbons (Fsp3) is 0.200. The summed E-state index contributed by atoms with van der Waals surface area (Å²) < 4.78 is 31.6. The molecule has 0 aliphatic heterocycles. The van der Waals surface area contributed by atoms with Gasteiger partial charge in [0.2, 0.25) is 10.0 Å². The zero-order chi connectivity index (χ0) is 13.9. The number of ether oxygens (including phenoxy) is 2. The van der Waals surface area contributed by atoms with E-state index in [1.54, 1.807) is 0 Å². The number of benzene rings is 1. The van der Waals surface area contributed by atoms with E-state index in [1.165, 1.54) is 12.1 Å². The molecule has 0 radical (unpaired) electrons. The topological polar surface area (TPSA) is 113 Å². The summed E-state index contributed by atoms with van der Waals surface area (Å²) >= 11 is 0. The van der Waals surface area contributed by atoms with Gasteiger partial charge in [0.25, 0.3) is 0 Å². The molecule has 8 heteroatoms. The lowest BCUT2D eigenvalue weighted by molar-refractivity contribution is 0.0552. The number of carbonyl (C=O) groups is 2. The Kier molecular flexibility index (Phi) is 4.04. The predicted molar refractivity (Wildman–Crippen MR) is 60.5 cm³/mol. The van der Waals surface area contributed by atoms with Crippen molar-refractivity contribution in [2.24, 2.45) is 5.14 Å². The molecule has 0 saturated carbocycles. The molecular weight excluding hydrogens is 262 g/mol. The van der Waals surface area contributed by atoms with Crippen LogP contribution in [0, 0.1) is 0 Å². The van der Waals surface area contributed by atoms with E-state index in [-0.39, 0.29) is 5.56 Å². The third kappa shape index (κ3) is 2.66. The van der Waals surface area contributed by atoms with Gasteiger partial charge in [-0.3, -0.25) is 0 Å². The fourth-order valence-corrected chi connectivity index (χ4v) is 2.11. The highest BCUT2D eigenvalue weighted by molar-refractivity contribution is 7.89. The van der Waals surface area contributed by atoms with E-state index in [4.69, 9.17) is 5.14 Å². The van der Waals surface area contributed by atoms with Crippen LogP contribution in [0.1, 0.15) is 20.7 Å². The molecule has 0 fully saturated rings. The summed E-state index contributed by atoms with van der Waals surface area (Å²) in [6.07, 6.45) is 0. The SMILES string of the molecule is COC(=O)c1cccc(S(N)(=O)=O)c1C(=O)OC. The number of carbonyl (C=O) groups excluding carboxylic acids is 2. The minimum Gasteiger partial charge on any atom is -0.465 e. The highest BCUT2D eigenvalue weighted by atomic mass is 32.2. The van der Waals surface area contributed by atoms with Crippen molar-refractivity contribution in [3.05, 3.63) is 29.3 Å². The van der Waals surface area contributed by atoms with Crippen LogP contribution in [-0.4, -0.2) is 34.6 Å². The molecule has 0 unspecified atom stereocenters. The van der Waals surface area contributed by atoms with Crippen molar-refractivity contribution in [2.45, 2.75) is 4.90 Å². The van der Waals surface area contributed by atoms with Crippen LogP contribution in [0.5, 0.6) is 0 Å². The van der Waals surface area contributed by atoms with Crippen molar-refractivity contribution >= 4 is 22.0 Å². The van der Waals surface area contributed by atoms with Crippen molar-refractivity contribution in [1.82, 2.24) is 0 Å². The third-order valence-corrected chi connectivity index (χ3v) is 3.08. The molecule has 0 saturated heterocycles. The molecular formula is C10H11NO6S. The first kappa shape index (κ1) is 14.1. The standard InChI is InChI=1S/C10H11NO6S/c1-16-9(12)6-4-3-5-7(18(11,14)15)8(6)10(13)17-2/h3-5H,1-2H3,(H2,11,14,15). The second kappa shape index (κ2) is 5.15. The zero-order valence-electron chi connectivity index (χ0n) is 9.67. The Hall–Kier alpha value is -1.93. The number of sulfonamides is 1. The first-order chi connectivity index (χ1) is 8.32. The number of hydrogen-bond acceptors (Lipinski definition) is 6. The summed E-state index contributed by atoms with van der Waals surface area (Å²) in [7, 11) is -2.00. The van der Waals surface area contributed by atoms with E-state index in [0.717, 1.165) is 20.3 Å². The molecule has 7 nitrogen and oxygen atoms in total. The first-order valence-corrected chi connectivity index (χ1v) is 6.20. The van der Waals surface area contributed by atoms with Crippen molar-refractivity contribution in [1.29, 1.82) is 0 Å². The lowest BCUT2D eigenvalue weighted by Crippen LogP contribution is -2.21. The highest BCUT2D eigenvalue weighted by Crippen LogP contribution is 2.20. The first-order valence-electron chi connectivity index (χ1n) is 4.65. The summed E-state index contributed by atoms with van der Waals surface area (Å²) in [6.45, 7) is 0. The molecule has 0 amide bonds.